The zero-order valence-electron chi connectivity index (χ0n) is 33.3. The molecule has 0 aliphatic rings. The molecule has 2 heterocycles. The smallest absolute Gasteiger partial charge is 0.328 e. The number of rotatable bonds is 24. The molecule has 23 nitrogen and oxygen atoms in total. The van der Waals surface area contributed by atoms with Crippen LogP contribution in [0.5, 0.6) is 0 Å². The topological polar surface area (TPSA) is 364 Å². The van der Waals surface area contributed by atoms with E-state index in [2.05, 4.69) is 51.2 Å². The Bertz CT molecular complexity index is 2380. The Morgan fingerprint density at radius 2 is 1.56 bits per heavy atom. The molecule has 0 fully saturated rings. The number of H-pyrrole nitrogens is 1. The Morgan fingerprint density at radius 3 is 2.23 bits per heavy atom. The quantitative estimate of drug-likeness (QED) is 0.0165. The number of esters is 1. The Balaban J connectivity index is 1.19. The third-order valence-electron chi connectivity index (χ3n) is 9.28. The second kappa shape index (κ2) is 23.0. The number of azide groups is 1. The number of amides is 3. The minimum Gasteiger partial charge on any atom is -0.481 e. The molecule has 0 radical (unpaired) electrons. The Kier molecular flexibility index (Phi) is 17.3. The maximum Gasteiger partial charge on any atom is 0.328 e. The zero-order chi connectivity index (χ0) is 45.2. The number of hydrogen-bond donors (Lipinski definition) is 8. The van der Waals surface area contributed by atoms with E-state index in [0.29, 0.717) is 35.5 Å². The van der Waals surface area contributed by atoms with Gasteiger partial charge < -0.3 is 42.0 Å². The highest BCUT2D eigenvalue weighted by atomic mass is 16.5. The van der Waals surface area contributed by atoms with Gasteiger partial charge in [0.1, 0.15) is 17.9 Å². The summed E-state index contributed by atoms with van der Waals surface area (Å²) in [6.07, 6.45) is 0.593. The van der Waals surface area contributed by atoms with Gasteiger partial charge in [0.25, 0.3) is 17.4 Å². The summed E-state index contributed by atoms with van der Waals surface area (Å²) >= 11 is 0. The summed E-state index contributed by atoms with van der Waals surface area (Å²) in [6, 6.07) is 9.46. The number of nitrogens with one attached hydrogen (secondary N) is 5. The molecule has 0 unspecified atom stereocenters. The summed E-state index contributed by atoms with van der Waals surface area (Å²) < 4.78 is 4.79. The third-order valence-corrected chi connectivity index (χ3v) is 9.28. The summed E-state index contributed by atoms with van der Waals surface area (Å²) in [6.45, 7) is 0.415. The minimum absolute atomic E-state index is 0.00980. The van der Waals surface area contributed by atoms with Crippen molar-refractivity contribution in [3.63, 3.8) is 0 Å². The molecule has 4 aromatic rings. The van der Waals surface area contributed by atoms with Crippen LogP contribution in [0.4, 0.5) is 17.3 Å². The lowest BCUT2D eigenvalue weighted by Gasteiger charge is -2.18. The van der Waals surface area contributed by atoms with Gasteiger partial charge in [-0.1, -0.05) is 17.2 Å². The molecule has 0 saturated carbocycles. The van der Waals surface area contributed by atoms with Crippen LogP contribution in [-0.4, -0.2) is 97.3 Å². The Morgan fingerprint density at radius 1 is 0.871 bits per heavy atom. The van der Waals surface area contributed by atoms with Crippen molar-refractivity contribution in [3.8, 4) is 0 Å². The molecule has 2 aromatic heterocycles. The van der Waals surface area contributed by atoms with Crippen molar-refractivity contribution in [3.05, 3.63) is 92.3 Å². The highest BCUT2D eigenvalue weighted by Gasteiger charge is 2.27. The number of methoxy groups -OCH3 is 1. The standard InChI is InChI=1S/C39H44N12O11/c1-62-38(61)29(4-2-3-17-42-33(54)21-7-12-25(13-8-21)50-51-41)46-30(53)16-9-23(36(57)58)18-27(52)14-15-28(37(59)60)47-34(55)22-5-10-24(11-6-22)43-19-26-20-44-32-31(45-26)35(56)49-39(40)48-32/h5-8,10-13,20,23,28-29,43H,2-4,9,14-19H2,1H3,(H,42,54)(H,46,53)(H,47,55)(H,57,58)(H,59,60)(H3,40,44,48,49,56)/t23-,28+,29+/m1/s1. The molecule has 326 valence electrons. The number of Topliss-reactive ketones (excluding diaryl/α,β-unsaturated/α-hetero) is 1. The summed E-state index contributed by atoms with van der Waals surface area (Å²) in [5.74, 6) is -7.22. The van der Waals surface area contributed by atoms with Gasteiger partial charge in [0.15, 0.2) is 11.2 Å². The second-order valence-electron chi connectivity index (χ2n) is 13.8. The molecule has 9 N–H and O–H groups in total. The Labute approximate surface area is 351 Å². The highest BCUT2D eigenvalue weighted by Crippen LogP contribution is 2.17. The van der Waals surface area contributed by atoms with Gasteiger partial charge in [-0.3, -0.25) is 33.8 Å². The first-order valence-electron chi connectivity index (χ1n) is 19.1. The monoisotopic (exact) mass is 856 g/mol. The number of nitrogens with zero attached hydrogens (tertiary/aromatic N) is 6. The third kappa shape index (κ3) is 14.4. The van der Waals surface area contributed by atoms with E-state index in [1.807, 2.05) is 0 Å². The van der Waals surface area contributed by atoms with Crippen LogP contribution in [0.1, 0.15) is 77.8 Å². The lowest BCUT2D eigenvalue weighted by atomic mass is 9.94. The van der Waals surface area contributed by atoms with Crippen LogP contribution in [0.2, 0.25) is 0 Å². The van der Waals surface area contributed by atoms with E-state index in [1.165, 1.54) is 42.6 Å². The number of aromatic amines is 1. The summed E-state index contributed by atoms with van der Waals surface area (Å²) in [4.78, 5) is 117. The normalized spacial score (nSPS) is 12.1. The maximum absolute atomic E-state index is 12.9. The van der Waals surface area contributed by atoms with Gasteiger partial charge in [-0.25, -0.2) is 19.6 Å². The number of carboxylic acid groups (broad SMARTS) is 2. The van der Waals surface area contributed by atoms with E-state index in [9.17, 15) is 48.6 Å². The minimum atomic E-state index is -1.48. The van der Waals surface area contributed by atoms with E-state index < -0.39 is 65.5 Å². The van der Waals surface area contributed by atoms with Crippen molar-refractivity contribution in [1.82, 2.24) is 35.9 Å². The average Bonchev–Trinajstić information content (AvgIpc) is 3.25. The number of aliphatic carboxylic acids is 2. The summed E-state index contributed by atoms with van der Waals surface area (Å²) in [5.41, 5.74) is 15.4. The van der Waals surface area contributed by atoms with Crippen molar-refractivity contribution >= 4 is 69.9 Å². The van der Waals surface area contributed by atoms with Gasteiger partial charge in [0, 0.05) is 53.2 Å². The first kappa shape index (κ1) is 46.7. The number of ether oxygens (including phenoxy) is 1. The van der Waals surface area contributed by atoms with Gasteiger partial charge >= 0.3 is 17.9 Å². The van der Waals surface area contributed by atoms with Gasteiger partial charge in [0.2, 0.25) is 11.9 Å². The van der Waals surface area contributed by atoms with Crippen molar-refractivity contribution < 1.29 is 48.5 Å². The number of ketones is 1. The number of nitrogens with two attached hydrogens (primary N) is 1. The van der Waals surface area contributed by atoms with E-state index in [0.717, 1.165) is 7.11 Å². The molecule has 4 rings (SSSR count). The number of benzene rings is 2. The fraction of sp³-hybridized carbons (Fsp3) is 0.359. The van der Waals surface area contributed by atoms with E-state index in [4.69, 9.17) is 16.0 Å². The molecule has 2 aromatic carbocycles. The average molecular weight is 857 g/mol. The fourth-order valence-electron chi connectivity index (χ4n) is 5.95. The summed E-state index contributed by atoms with van der Waals surface area (Å²) in [7, 11) is 1.14. The van der Waals surface area contributed by atoms with Gasteiger partial charge in [-0.2, -0.15) is 4.98 Å². The van der Waals surface area contributed by atoms with Gasteiger partial charge in [-0.05, 0) is 74.0 Å². The van der Waals surface area contributed by atoms with Crippen LogP contribution in [-0.2, 0) is 35.3 Å². The van der Waals surface area contributed by atoms with Crippen molar-refractivity contribution in [2.45, 2.75) is 70.0 Å². The van der Waals surface area contributed by atoms with Crippen LogP contribution in [0.25, 0.3) is 21.6 Å². The van der Waals surface area contributed by atoms with Crippen LogP contribution >= 0.6 is 0 Å². The highest BCUT2D eigenvalue weighted by molar-refractivity contribution is 5.97. The van der Waals surface area contributed by atoms with Gasteiger partial charge in [-0.15, -0.1) is 0 Å². The number of aromatic nitrogens is 4. The number of carbonyl (C=O) groups excluding carboxylic acids is 5. The molecule has 3 atom stereocenters. The number of hydrogen-bond acceptors (Lipinski definition) is 15. The predicted molar refractivity (Wildman–Crippen MR) is 220 cm³/mol. The van der Waals surface area contributed by atoms with E-state index in [-0.39, 0.29) is 73.8 Å². The molecule has 0 bridgehead atoms. The summed E-state index contributed by atoms with van der Waals surface area (Å²) in [5, 5.41) is 33.6. The molecule has 0 aliphatic carbocycles. The molecule has 23 heteroatoms. The predicted octanol–water partition coefficient (Wildman–Crippen LogP) is 2.51. The number of fused-ring (bicyclic) bond motifs is 1. The number of carbonyl (C=O) groups is 7. The molecule has 0 spiro atoms. The molecule has 3 amide bonds. The van der Waals surface area contributed by atoms with Crippen molar-refractivity contribution in [2.75, 3.05) is 24.7 Å². The van der Waals surface area contributed by atoms with Crippen molar-refractivity contribution in [2.24, 2.45) is 11.0 Å². The van der Waals surface area contributed by atoms with Crippen molar-refractivity contribution in [1.29, 1.82) is 0 Å². The van der Waals surface area contributed by atoms with E-state index >= 15 is 0 Å². The maximum atomic E-state index is 12.9. The van der Waals surface area contributed by atoms with Crippen LogP contribution in [0.3, 0.4) is 0 Å². The lowest BCUT2D eigenvalue weighted by molar-refractivity contribution is -0.146. The molecule has 0 saturated heterocycles. The first-order chi connectivity index (χ1) is 29.7. The molecular formula is C39H44N12O11. The molecular weight excluding hydrogens is 813 g/mol. The van der Waals surface area contributed by atoms with E-state index in [1.54, 1.807) is 12.1 Å². The number of anilines is 2. The number of nitrogen functional groups attached to an aromatic ring is 1. The number of carboxylic acids is 2. The SMILES string of the molecule is COC(=O)[C@H](CCCCNC(=O)c1ccc(N=[N+]=[N-])cc1)NC(=O)CC[C@H](CC(=O)CC[C@H](NC(=O)c1ccc(NCc2cnc3nc(N)[nH]c(=O)c3n2)cc1)C(=O)O)C(=O)O. The molecule has 0 aliphatic heterocycles. The second-order valence-corrected chi connectivity index (χ2v) is 13.8. The van der Waals surface area contributed by atoms with Crippen LogP contribution in [0, 0.1) is 5.92 Å². The molecule has 62 heavy (non-hydrogen) atoms. The lowest BCUT2D eigenvalue weighted by Crippen LogP contribution is -2.42. The first-order valence-corrected chi connectivity index (χ1v) is 19.1. The fourth-order valence-corrected chi connectivity index (χ4v) is 5.95. The Hall–Kier alpha value is -7.94. The largest absolute Gasteiger partial charge is 0.481 e. The van der Waals surface area contributed by atoms with Crippen LogP contribution < -0.4 is 32.6 Å². The number of unbranched alkanes of at least 4 members (excludes halogenated alkanes) is 1. The zero-order valence-corrected chi connectivity index (χ0v) is 33.3. The van der Waals surface area contributed by atoms with Crippen LogP contribution in [0.15, 0.2) is 64.6 Å². The van der Waals surface area contributed by atoms with Gasteiger partial charge in [0.05, 0.1) is 31.5 Å².